The summed E-state index contributed by atoms with van der Waals surface area (Å²) in [5.41, 5.74) is 3.48. The highest BCUT2D eigenvalue weighted by Gasteiger charge is 2.20. The second-order valence-electron chi connectivity index (χ2n) is 7.42. The molecule has 0 N–H and O–H groups in total. The van der Waals surface area contributed by atoms with Crippen molar-refractivity contribution in [2.75, 3.05) is 33.4 Å². The molecule has 0 fully saturated rings. The van der Waals surface area contributed by atoms with Crippen molar-refractivity contribution < 1.29 is 14.3 Å². The molecule has 156 valence electrons. The second-order valence-corrected chi connectivity index (χ2v) is 7.42. The maximum absolute atomic E-state index is 12.9. The molecule has 0 spiro atoms. The van der Waals surface area contributed by atoms with E-state index in [2.05, 4.69) is 36.9 Å². The van der Waals surface area contributed by atoms with E-state index in [0.29, 0.717) is 32.5 Å². The minimum Gasteiger partial charge on any atom is -0.497 e. The maximum atomic E-state index is 12.9. The molecule has 0 saturated heterocycles. The van der Waals surface area contributed by atoms with Crippen LogP contribution in [0.25, 0.3) is 0 Å². The number of rotatable bonds is 8. The van der Waals surface area contributed by atoms with E-state index in [1.54, 1.807) is 7.11 Å². The van der Waals surface area contributed by atoms with E-state index in [1.807, 2.05) is 29.2 Å². The van der Waals surface area contributed by atoms with Crippen LogP contribution in [0.3, 0.4) is 0 Å². The van der Waals surface area contributed by atoms with Gasteiger partial charge in [-0.2, -0.15) is 0 Å². The summed E-state index contributed by atoms with van der Waals surface area (Å²) in [6.07, 6.45) is 1.20. The molecule has 1 aliphatic heterocycles. The Kier molecular flexibility index (Phi) is 7.53. The Morgan fingerprint density at radius 2 is 1.97 bits per heavy atom. The van der Waals surface area contributed by atoms with Crippen molar-refractivity contribution in [3.63, 3.8) is 0 Å². The summed E-state index contributed by atoms with van der Waals surface area (Å²) < 4.78 is 11.2. The van der Waals surface area contributed by atoms with Gasteiger partial charge in [0.1, 0.15) is 18.1 Å². The molecule has 3 rings (SSSR count). The van der Waals surface area contributed by atoms with E-state index >= 15 is 0 Å². The van der Waals surface area contributed by atoms with Crippen LogP contribution in [0.4, 0.5) is 0 Å². The highest BCUT2D eigenvalue weighted by atomic mass is 16.5. The molecule has 1 aliphatic rings. The molecule has 0 radical (unpaired) electrons. The summed E-state index contributed by atoms with van der Waals surface area (Å²) in [6.45, 7) is 9.10. The molecule has 0 aromatic heterocycles. The van der Waals surface area contributed by atoms with E-state index < -0.39 is 0 Å². The molecule has 0 unspecified atom stereocenters. The first-order chi connectivity index (χ1) is 14.1. The fourth-order valence-corrected chi connectivity index (χ4v) is 3.70. The molecule has 2 aromatic rings. The van der Waals surface area contributed by atoms with Crippen LogP contribution in [0.1, 0.15) is 37.0 Å². The van der Waals surface area contributed by atoms with Crippen molar-refractivity contribution >= 4 is 5.91 Å². The monoisotopic (exact) mass is 396 g/mol. The number of aryl methyl sites for hydroxylation is 1. The van der Waals surface area contributed by atoms with Crippen LogP contribution < -0.4 is 9.47 Å². The smallest absolute Gasteiger partial charge is 0.223 e. The first-order valence-corrected chi connectivity index (χ1v) is 10.5. The predicted molar refractivity (Wildman–Crippen MR) is 115 cm³/mol. The fraction of sp³-hybridized carbons (Fsp3) is 0.458. The number of benzene rings is 2. The van der Waals surface area contributed by atoms with Crippen LogP contribution in [-0.2, 0) is 24.3 Å². The summed E-state index contributed by atoms with van der Waals surface area (Å²) in [6, 6.07) is 14.3. The predicted octanol–water partition coefficient (Wildman–Crippen LogP) is 3.89. The fourth-order valence-electron chi connectivity index (χ4n) is 3.70. The van der Waals surface area contributed by atoms with Gasteiger partial charge in [-0.3, -0.25) is 9.69 Å². The molecule has 1 heterocycles. The highest BCUT2D eigenvalue weighted by Crippen LogP contribution is 2.25. The number of ether oxygens (including phenoxy) is 2. The van der Waals surface area contributed by atoms with Gasteiger partial charge in [-0.1, -0.05) is 32.0 Å². The van der Waals surface area contributed by atoms with Gasteiger partial charge in [-0.15, -0.1) is 0 Å². The van der Waals surface area contributed by atoms with E-state index in [4.69, 9.17) is 9.47 Å². The molecule has 5 heteroatoms. The lowest BCUT2D eigenvalue weighted by atomic mass is 10.1. The first kappa shape index (κ1) is 21.2. The average molecular weight is 397 g/mol. The van der Waals surface area contributed by atoms with Gasteiger partial charge < -0.3 is 14.4 Å². The van der Waals surface area contributed by atoms with Gasteiger partial charge >= 0.3 is 0 Å². The minimum atomic E-state index is 0.165. The van der Waals surface area contributed by atoms with Crippen molar-refractivity contribution in [1.29, 1.82) is 0 Å². The SMILES string of the molecule is CCN(CC)Cc1ccc2c(c1)CN(C(=O)CCc1cccc(OC)c1)CCO2. The number of carbonyl (C=O) groups is 1. The van der Waals surface area contributed by atoms with Gasteiger partial charge in [0, 0.05) is 25.1 Å². The summed E-state index contributed by atoms with van der Waals surface area (Å²) in [7, 11) is 1.66. The highest BCUT2D eigenvalue weighted by molar-refractivity contribution is 5.76. The number of amides is 1. The van der Waals surface area contributed by atoms with Gasteiger partial charge in [0.15, 0.2) is 0 Å². The maximum Gasteiger partial charge on any atom is 0.223 e. The molecule has 0 atom stereocenters. The second kappa shape index (κ2) is 10.3. The zero-order valence-electron chi connectivity index (χ0n) is 17.8. The van der Waals surface area contributed by atoms with Gasteiger partial charge in [-0.05, 0) is 54.9 Å². The molecular formula is C24H32N2O3. The standard InChI is InChI=1S/C24H32N2O3/c1-4-25(5-2)17-20-9-11-23-21(15-20)18-26(13-14-29-23)24(27)12-10-19-7-6-8-22(16-19)28-3/h6-9,11,15-16H,4-5,10,12-14,17-18H2,1-3H3. The van der Waals surface area contributed by atoms with Gasteiger partial charge in [0.25, 0.3) is 0 Å². The first-order valence-electron chi connectivity index (χ1n) is 10.5. The van der Waals surface area contributed by atoms with Crippen molar-refractivity contribution in [2.45, 2.75) is 39.8 Å². The minimum absolute atomic E-state index is 0.165. The Hall–Kier alpha value is -2.53. The van der Waals surface area contributed by atoms with Crippen LogP contribution in [0, 0.1) is 0 Å². The van der Waals surface area contributed by atoms with E-state index in [0.717, 1.165) is 42.3 Å². The van der Waals surface area contributed by atoms with E-state index in [-0.39, 0.29) is 5.91 Å². The molecule has 0 saturated carbocycles. The molecular weight excluding hydrogens is 364 g/mol. The van der Waals surface area contributed by atoms with Crippen LogP contribution >= 0.6 is 0 Å². The third-order valence-electron chi connectivity index (χ3n) is 5.52. The molecule has 0 bridgehead atoms. The van der Waals surface area contributed by atoms with Gasteiger partial charge in [0.05, 0.1) is 13.7 Å². The largest absolute Gasteiger partial charge is 0.497 e. The van der Waals surface area contributed by atoms with Crippen molar-refractivity contribution in [3.8, 4) is 11.5 Å². The number of nitrogens with zero attached hydrogens (tertiary/aromatic N) is 2. The topological polar surface area (TPSA) is 42.0 Å². The van der Waals surface area contributed by atoms with E-state index in [1.165, 1.54) is 5.56 Å². The summed E-state index contributed by atoms with van der Waals surface area (Å²) >= 11 is 0. The normalized spacial score (nSPS) is 13.6. The Labute approximate surface area is 174 Å². The summed E-state index contributed by atoms with van der Waals surface area (Å²) in [4.78, 5) is 17.2. The van der Waals surface area contributed by atoms with Gasteiger partial charge in [-0.25, -0.2) is 0 Å². The zero-order chi connectivity index (χ0) is 20.6. The number of hydrogen-bond acceptors (Lipinski definition) is 4. The Bertz CT molecular complexity index is 818. The van der Waals surface area contributed by atoms with Crippen LogP contribution in [0.15, 0.2) is 42.5 Å². The van der Waals surface area contributed by atoms with Crippen molar-refractivity contribution in [2.24, 2.45) is 0 Å². The third-order valence-corrected chi connectivity index (χ3v) is 5.52. The number of fused-ring (bicyclic) bond motifs is 1. The third kappa shape index (κ3) is 5.73. The van der Waals surface area contributed by atoms with E-state index in [9.17, 15) is 4.79 Å². The molecule has 0 aliphatic carbocycles. The Morgan fingerprint density at radius 3 is 2.72 bits per heavy atom. The lowest BCUT2D eigenvalue weighted by Crippen LogP contribution is -2.32. The van der Waals surface area contributed by atoms with Crippen LogP contribution in [-0.4, -0.2) is 49.1 Å². The molecule has 1 amide bonds. The van der Waals surface area contributed by atoms with Crippen molar-refractivity contribution in [3.05, 3.63) is 59.2 Å². The molecule has 2 aromatic carbocycles. The Morgan fingerprint density at radius 1 is 1.14 bits per heavy atom. The average Bonchev–Trinajstić information content (AvgIpc) is 2.98. The van der Waals surface area contributed by atoms with Crippen molar-refractivity contribution in [1.82, 2.24) is 9.80 Å². The number of carbonyl (C=O) groups excluding carboxylic acids is 1. The summed E-state index contributed by atoms with van der Waals surface area (Å²) in [5, 5.41) is 0. The quantitative estimate of drug-likeness (QED) is 0.679. The van der Waals surface area contributed by atoms with Crippen LogP contribution in [0.5, 0.6) is 11.5 Å². The molecule has 5 nitrogen and oxygen atoms in total. The number of hydrogen-bond donors (Lipinski definition) is 0. The zero-order valence-corrected chi connectivity index (χ0v) is 17.8. The van der Waals surface area contributed by atoms with Gasteiger partial charge in [0.2, 0.25) is 5.91 Å². The molecule has 29 heavy (non-hydrogen) atoms. The summed E-state index contributed by atoms with van der Waals surface area (Å²) in [5.74, 6) is 1.89. The Balaban J connectivity index is 1.65. The van der Waals surface area contributed by atoms with Crippen LogP contribution in [0.2, 0.25) is 0 Å². The number of methoxy groups -OCH3 is 1. The lowest BCUT2D eigenvalue weighted by molar-refractivity contribution is -0.131. The lowest BCUT2D eigenvalue weighted by Gasteiger charge is -2.21.